The molecule has 0 bridgehead atoms. The summed E-state index contributed by atoms with van der Waals surface area (Å²) in [5.41, 5.74) is 3.17. The van der Waals surface area contributed by atoms with Crippen molar-refractivity contribution in [2.45, 2.75) is 81.1 Å². The normalized spacial score (nSPS) is 22.0. The van der Waals surface area contributed by atoms with Crippen LogP contribution < -0.4 is 14.2 Å². The number of nitro groups is 1. The van der Waals surface area contributed by atoms with Gasteiger partial charge in [0.1, 0.15) is 35.6 Å². The summed E-state index contributed by atoms with van der Waals surface area (Å²) in [4.78, 5) is 35.1. The lowest BCUT2D eigenvalue weighted by molar-refractivity contribution is -0.384. The Bertz CT molecular complexity index is 2620. The molecule has 68 heavy (non-hydrogen) atoms. The van der Waals surface area contributed by atoms with Crippen molar-refractivity contribution < 1.29 is 43.7 Å². The number of allylic oxidation sites excluding steroid dienone is 1. The van der Waals surface area contributed by atoms with Gasteiger partial charge in [-0.05, 0) is 127 Å². The van der Waals surface area contributed by atoms with Crippen LogP contribution in [0.15, 0.2) is 144 Å². The highest BCUT2D eigenvalue weighted by Crippen LogP contribution is 2.62. The molecule has 0 aromatic heterocycles. The molecule has 13 nitrogen and oxygen atoms in total. The van der Waals surface area contributed by atoms with Gasteiger partial charge in [-0.15, -0.1) is 18.3 Å². The molecule has 0 radical (unpaired) electrons. The van der Waals surface area contributed by atoms with Crippen molar-refractivity contribution in [1.82, 2.24) is 4.90 Å². The van der Waals surface area contributed by atoms with Gasteiger partial charge in [0.25, 0.3) is 5.69 Å². The van der Waals surface area contributed by atoms with Gasteiger partial charge >= 0.3 is 6.09 Å². The second-order valence-corrected chi connectivity index (χ2v) is 18.2. The van der Waals surface area contributed by atoms with Crippen LogP contribution in [0.4, 0.5) is 10.5 Å². The molecule has 2 aliphatic carbocycles. The van der Waals surface area contributed by atoms with E-state index < -0.39 is 28.8 Å². The monoisotopic (exact) mass is 941 g/mol. The van der Waals surface area contributed by atoms with Gasteiger partial charge in [0.05, 0.1) is 29.7 Å². The number of aliphatic hydroxyl groups is 2. The molecule has 1 fully saturated rings. The van der Waals surface area contributed by atoms with Crippen molar-refractivity contribution in [3.05, 3.63) is 155 Å². The minimum Gasteiger partial charge on any atom is -0.459 e. The average Bonchev–Trinajstić information content (AvgIpc) is 3.36. The highest BCUT2D eigenvalue weighted by molar-refractivity contribution is 7.98. The predicted octanol–water partition coefficient (Wildman–Crippen LogP) is 11.6. The number of non-ortho nitro benzene ring substituents is 1. The number of amides is 1. The Morgan fingerprint density at radius 3 is 2.38 bits per heavy atom. The Labute approximate surface area is 401 Å². The summed E-state index contributed by atoms with van der Waals surface area (Å²) in [6.07, 6.45) is 9.82. The van der Waals surface area contributed by atoms with Crippen molar-refractivity contribution in [3.8, 4) is 23.0 Å². The van der Waals surface area contributed by atoms with E-state index in [2.05, 4.69) is 18.7 Å². The van der Waals surface area contributed by atoms with Gasteiger partial charge in [-0.3, -0.25) is 15.0 Å². The van der Waals surface area contributed by atoms with Gasteiger partial charge in [-0.25, -0.2) is 4.79 Å². The lowest BCUT2D eigenvalue weighted by atomic mass is 9.55. The molecule has 1 heterocycles. The van der Waals surface area contributed by atoms with Gasteiger partial charge in [0.15, 0.2) is 0 Å². The van der Waals surface area contributed by atoms with E-state index in [-0.39, 0.29) is 62.0 Å². The number of hydrogen-bond acceptors (Lipinski definition) is 12. The fourth-order valence-corrected chi connectivity index (χ4v) is 10.8. The van der Waals surface area contributed by atoms with Crippen LogP contribution in [0.3, 0.4) is 0 Å². The van der Waals surface area contributed by atoms with Gasteiger partial charge < -0.3 is 34.0 Å². The summed E-state index contributed by atoms with van der Waals surface area (Å²) >= 11 is 1.66. The number of ether oxygens (including phenoxy) is 4. The van der Waals surface area contributed by atoms with Crippen LogP contribution in [0.25, 0.3) is 10.8 Å². The summed E-state index contributed by atoms with van der Waals surface area (Å²) in [7, 11) is 0. The molecule has 14 heteroatoms. The number of nitrogens with zero attached hydrogens (tertiary/aromatic N) is 3. The molecule has 2 N–H and O–H groups in total. The van der Waals surface area contributed by atoms with E-state index in [1.54, 1.807) is 22.7 Å². The molecule has 356 valence electrons. The van der Waals surface area contributed by atoms with E-state index in [0.717, 1.165) is 58.1 Å². The van der Waals surface area contributed by atoms with Gasteiger partial charge in [-0.1, -0.05) is 72.6 Å². The van der Waals surface area contributed by atoms with E-state index in [4.69, 9.17) is 28.9 Å². The molecular formula is C54H59N3O10S. The van der Waals surface area contributed by atoms with Crippen LogP contribution >= 0.6 is 11.8 Å². The van der Waals surface area contributed by atoms with E-state index in [0.29, 0.717) is 42.4 Å². The summed E-state index contributed by atoms with van der Waals surface area (Å²) in [5, 5.41) is 38.4. The molecule has 5 aromatic rings. The summed E-state index contributed by atoms with van der Waals surface area (Å²) < 4.78 is 27.4. The molecule has 1 amide bonds. The van der Waals surface area contributed by atoms with E-state index in [1.807, 2.05) is 92.0 Å². The quantitative estimate of drug-likeness (QED) is 0.0237. The Kier molecular flexibility index (Phi) is 15.8. The zero-order valence-corrected chi connectivity index (χ0v) is 39.4. The number of carbonyl (C=O) groups excluding carboxylic acids is 1. The zero-order valence-electron chi connectivity index (χ0n) is 38.5. The lowest BCUT2D eigenvalue weighted by Crippen LogP contribution is -2.70. The SMILES string of the molecule is C=CCOC12Oc3ccc(Oc4ccc(SC)cc4)cc3C3C(CCCCO)C(CCCCO)C=C(C(=NOCC)CC1N(Cc1cccc4ccccc14)C(=O)Oc1ccc([N+](=O)[O-])cc1)C32. The third kappa shape index (κ3) is 10.3. The first-order valence-electron chi connectivity index (χ1n) is 23.4. The number of rotatable bonds is 21. The minimum atomic E-state index is -1.57. The van der Waals surface area contributed by atoms with Crippen molar-refractivity contribution in [2.75, 3.05) is 32.7 Å². The number of unbranched alkanes of at least 4 members (excludes halogenated alkanes) is 2. The maximum absolute atomic E-state index is 15.3. The molecule has 0 saturated heterocycles. The van der Waals surface area contributed by atoms with Gasteiger partial charge in [-0.2, -0.15) is 0 Å². The Morgan fingerprint density at radius 1 is 0.941 bits per heavy atom. The Hall–Kier alpha value is -6.19. The summed E-state index contributed by atoms with van der Waals surface area (Å²) in [5.74, 6) is -0.382. The predicted molar refractivity (Wildman–Crippen MR) is 263 cm³/mol. The van der Waals surface area contributed by atoms with Crippen LogP contribution in [-0.2, 0) is 16.1 Å². The third-order valence-corrected chi connectivity index (χ3v) is 14.1. The number of oxime groups is 1. The second-order valence-electron chi connectivity index (χ2n) is 17.4. The maximum Gasteiger partial charge on any atom is 0.416 e. The van der Waals surface area contributed by atoms with Crippen molar-refractivity contribution in [1.29, 1.82) is 0 Å². The van der Waals surface area contributed by atoms with Crippen LogP contribution in [0, 0.1) is 27.9 Å². The molecule has 1 aliphatic heterocycles. The van der Waals surface area contributed by atoms with Crippen molar-refractivity contribution in [3.63, 3.8) is 0 Å². The standard InChI is InChI=1S/C54H59N3O10S/c1-4-31-63-54-50(56(35-38-16-12-15-36-13-6-7-17-44(36)38)53(60)66-41-21-19-39(20-22-41)57(61)62)34-48(55-64-5-2)46-32-37(14-8-10-29-58)45(18-9-11-30-59)51(52(46)54)47-33-42(25-28-49(47)67-54)65-40-23-26-43(68-3)27-24-40/h4,6-7,12-13,15-17,19-28,32-33,37,45,50-52,58-59H,1,5,8-11,14,18,29-31,34-35H2,2-3H3. The number of benzene rings is 5. The highest BCUT2D eigenvalue weighted by atomic mass is 32.2. The molecule has 6 unspecified atom stereocenters. The first kappa shape index (κ1) is 48.3. The fourth-order valence-electron chi connectivity index (χ4n) is 10.3. The molecule has 3 aliphatic rings. The van der Waals surface area contributed by atoms with Crippen LogP contribution in [0.1, 0.15) is 68.9 Å². The third-order valence-electron chi connectivity index (χ3n) is 13.3. The number of aliphatic hydroxyl groups excluding tert-OH is 2. The molecular weight excluding hydrogens is 883 g/mol. The lowest BCUT2D eigenvalue weighted by Gasteiger charge is -2.59. The van der Waals surface area contributed by atoms with Crippen molar-refractivity contribution in [2.24, 2.45) is 22.9 Å². The van der Waals surface area contributed by atoms with Crippen LogP contribution in [0.5, 0.6) is 23.0 Å². The number of hydrogen-bond donors (Lipinski definition) is 2. The molecule has 6 atom stereocenters. The molecule has 8 rings (SSSR count). The smallest absolute Gasteiger partial charge is 0.416 e. The number of thioether (sulfide) groups is 1. The zero-order chi connectivity index (χ0) is 47.6. The number of fused-ring (bicyclic) bond motifs is 3. The largest absolute Gasteiger partial charge is 0.459 e. The first-order valence-corrected chi connectivity index (χ1v) is 24.7. The van der Waals surface area contributed by atoms with E-state index >= 15 is 4.79 Å². The number of carbonyl (C=O) groups is 1. The van der Waals surface area contributed by atoms with Crippen LogP contribution in [0.2, 0.25) is 0 Å². The number of nitro benzene ring substituents is 1. The topological polar surface area (TPSA) is 162 Å². The molecule has 5 aromatic carbocycles. The fraction of sp³-hybridized carbons (Fsp3) is 0.370. The Balaban J connectivity index is 1.34. The van der Waals surface area contributed by atoms with Crippen LogP contribution in [-0.4, -0.2) is 76.4 Å². The van der Waals surface area contributed by atoms with E-state index in [9.17, 15) is 20.3 Å². The molecule has 1 saturated carbocycles. The summed E-state index contributed by atoms with van der Waals surface area (Å²) in [6.45, 7) is 6.52. The van der Waals surface area contributed by atoms with E-state index in [1.165, 1.54) is 24.3 Å². The van der Waals surface area contributed by atoms with Gasteiger partial charge in [0, 0.05) is 48.1 Å². The molecule has 0 spiro atoms. The van der Waals surface area contributed by atoms with Gasteiger partial charge in [0.2, 0.25) is 5.79 Å². The first-order chi connectivity index (χ1) is 33.2. The highest BCUT2D eigenvalue weighted by Gasteiger charge is 2.66. The Morgan fingerprint density at radius 2 is 1.66 bits per heavy atom. The minimum absolute atomic E-state index is 0.00914. The maximum atomic E-state index is 15.3. The second kappa shape index (κ2) is 22.3. The average molecular weight is 942 g/mol. The summed E-state index contributed by atoms with van der Waals surface area (Å²) in [6, 6.07) is 32.3. The van der Waals surface area contributed by atoms with Crippen molar-refractivity contribution >= 4 is 40.0 Å².